The van der Waals surface area contributed by atoms with E-state index in [1.165, 1.54) is 6.07 Å². The maximum atomic E-state index is 13.1. The van der Waals surface area contributed by atoms with E-state index in [0.29, 0.717) is 31.4 Å². The van der Waals surface area contributed by atoms with Crippen molar-refractivity contribution in [2.75, 3.05) is 7.11 Å². The summed E-state index contributed by atoms with van der Waals surface area (Å²) in [4.78, 5) is 22.7. The number of rotatable bonds is 8. The van der Waals surface area contributed by atoms with Crippen LogP contribution in [0.15, 0.2) is 28.4 Å². The molecule has 1 unspecified atom stereocenters. The van der Waals surface area contributed by atoms with Crippen LogP contribution in [0.1, 0.15) is 42.5 Å². The van der Waals surface area contributed by atoms with Crippen LogP contribution in [0.5, 0.6) is 0 Å². The van der Waals surface area contributed by atoms with Crippen LogP contribution in [-0.2, 0) is 16.0 Å². The van der Waals surface area contributed by atoms with Crippen LogP contribution in [0.25, 0.3) is 0 Å². The third-order valence-electron chi connectivity index (χ3n) is 2.95. The van der Waals surface area contributed by atoms with Gasteiger partial charge in [-0.25, -0.2) is 9.18 Å². The highest BCUT2D eigenvalue weighted by atomic mass is 19.1. The van der Waals surface area contributed by atoms with Gasteiger partial charge in [-0.1, -0.05) is 6.92 Å². The topological polar surface area (TPSA) is 76.7 Å². The highest BCUT2D eigenvalue weighted by Crippen LogP contribution is 2.15. The van der Waals surface area contributed by atoms with E-state index in [9.17, 15) is 19.1 Å². The van der Waals surface area contributed by atoms with E-state index in [0.717, 1.165) is 13.2 Å². The fraction of sp³-hybridized carbons (Fsp3) is 0.467. The maximum absolute atomic E-state index is 13.1. The first kappa shape index (κ1) is 16.9. The van der Waals surface area contributed by atoms with E-state index in [-0.39, 0.29) is 5.76 Å². The quantitative estimate of drug-likeness (QED) is 0.345. The number of carbonyl (C=O) groups excluding carboxylic acids is 2. The van der Waals surface area contributed by atoms with Gasteiger partial charge in [-0.15, -0.1) is 0 Å². The second-order valence-electron chi connectivity index (χ2n) is 4.55. The number of ketones is 1. The Balaban J connectivity index is 2.58. The zero-order valence-electron chi connectivity index (χ0n) is 12.1. The molecule has 0 fully saturated rings. The molecule has 1 atom stereocenters. The lowest BCUT2D eigenvalue weighted by Gasteiger charge is -2.02. The largest absolute Gasteiger partial charge is 0.502 e. The molecule has 0 aliphatic carbocycles. The Morgan fingerprint density at radius 3 is 2.81 bits per heavy atom. The summed E-state index contributed by atoms with van der Waals surface area (Å²) in [7, 11) is 1.09. The highest BCUT2D eigenvalue weighted by Gasteiger charge is 2.14. The second kappa shape index (κ2) is 8.24. The summed E-state index contributed by atoms with van der Waals surface area (Å²) in [6.07, 6.45) is 2.01. The van der Waals surface area contributed by atoms with Crippen molar-refractivity contribution >= 4 is 11.8 Å². The van der Waals surface area contributed by atoms with E-state index in [1.807, 2.05) is 0 Å². The molecule has 1 aromatic rings. The number of furan rings is 1. The average Bonchev–Trinajstić information content (AvgIpc) is 2.94. The van der Waals surface area contributed by atoms with Gasteiger partial charge in [0, 0.05) is 12.5 Å². The fourth-order valence-corrected chi connectivity index (χ4v) is 1.71. The molecule has 1 heterocycles. The normalized spacial score (nSPS) is 13.0. The molecule has 0 saturated carbocycles. The summed E-state index contributed by atoms with van der Waals surface area (Å²) < 4.78 is 22.6. The minimum Gasteiger partial charge on any atom is -0.502 e. The lowest BCUT2D eigenvalue weighted by atomic mass is 10.1. The molecule has 0 saturated heterocycles. The lowest BCUT2D eigenvalue weighted by molar-refractivity contribution is -0.139. The van der Waals surface area contributed by atoms with Gasteiger partial charge >= 0.3 is 5.97 Å². The van der Waals surface area contributed by atoms with Crippen LogP contribution in [0.2, 0.25) is 0 Å². The second-order valence-corrected chi connectivity index (χ2v) is 4.55. The van der Waals surface area contributed by atoms with Gasteiger partial charge in [0.1, 0.15) is 5.76 Å². The molecule has 1 rings (SSSR count). The molecule has 5 nitrogen and oxygen atoms in total. The van der Waals surface area contributed by atoms with Crippen molar-refractivity contribution in [3.63, 3.8) is 0 Å². The summed E-state index contributed by atoms with van der Waals surface area (Å²) in [5.74, 6) is -1.85. The Bertz CT molecular complexity index is 518. The van der Waals surface area contributed by atoms with Gasteiger partial charge in [-0.05, 0) is 31.4 Å². The molecule has 0 spiro atoms. The van der Waals surface area contributed by atoms with Gasteiger partial charge in [-0.2, -0.15) is 0 Å². The fourth-order valence-electron chi connectivity index (χ4n) is 1.71. The van der Waals surface area contributed by atoms with Crippen LogP contribution < -0.4 is 0 Å². The van der Waals surface area contributed by atoms with E-state index < -0.39 is 23.7 Å². The zero-order chi connectivity index (χ0) is 15.8. The first-order valence-corrected chi connectivity index (χ1v) is 6.74. The monoisotopic (exact) mass is 298 g/mol. The molecule has 0 aromatic carbocycles. The Labute approximate surface area is 122 Å². The predicted octanol–water partition coefficient (Wildman–Crippen LogP) is 3.15. The molecule has 0 aliphatic rings. The summed E-state index contributed by atoms with van der Waals surface area (Å²) in [5, 5.41) is 9.27. The first-order chi connectivity index (χ1) is 9.97. The molecule has 21 heavy (non-hydrogen) atoms. The number of methoxy groups -OCH3 is 1. The highest BCUT2D eigenvalue weighted by molar-refractivity contribution is 6.06. The van der Waals surface area contributed by atoms with E-state index in [2.05, 4.69) is 4.74 Å². The van der Waals surface area contributed by atoms with Gasteiger partial charge in [0.05, 0.1) is 13.3 Å². The van der Waals surface area contributed by atoms with Crippen LogP contribution >= 0.6 is 0 Å². The molecular formula is C15H19FO5. The Hall–Kier alpha value is -2.11. The van der Waals surface area contributed by atoms with Crippen LogP contribution in [0.3, 0.4) is 0 Å². The van der Waals surface area contributed by atoms with Gasteiger partial charge in [0.15, 0.2) is 5.76 Å². The summed E-state index contributed by atoms with van der Waals surface area (Å²) in [6.45, 7) is 1.79. The minimum atomic E-state index is -0.997. The number of alkyl halides is 1. The molecule has 0 amide bonds. The van der Waals surface area contributed by atoms with Crippen LogP contribution in [0, 0.1) is 0 Å². The number of ether oxygens (including phenoxy) is 1. The average molecular weight is 298 g/mol. The minimum absolute atomic E-state index is 0.00717. The number of hydrogen-bond acceptors (Lipinski definition) is 5. The van der Waals surface area contributed by atoms with Crippen LogP contribution in [0.4, 0.5) is 4.39 Å². The lowest BCUT2D eigenvalue weighted by Crippen LogP contribution is -2.06. The standard InChI is InChI=1S/C15H19FO5/c1-3-10(16)5-4-6-11-7-8-14(21-11)12(17)9-13(18)15(19)20-2/h7-10,18H,3-6H2,1-2H3. The molecule has 6 heteroatoms. The molecule has 116 valence electrons. The summed E-state index contributed by atoms with van der Waals surface area (Å²) in [5.41, 5.74) is 0. The number of aryl methyl sites for hydroxylation is 1. The molecular weight excluding hydrogens is 279 g/mol. The maximum Gasteiger partial charge on any atom is 0.373 e. The van der Waals surface area contributed by atoms with E-state index in [4.69, 9.17) is 4.42 Å². The predicted molar refractivity (Wildman–Crippen MR) is 73.9 cm³/mol. The first-order valence-electron chi connectivity index (χ1n) is 6.74. The summed E-state index contributed by atoms with van der Waals surface area (Å²) >= 11 is 0. The SMILES string of the molecule is CCC(F)CCCc1ccc(C(=O)C=C(O)C(=O)OC)o1. The number of halogens is 1. The van der Waals surface area contributed by atoms with Crippen molar-refractivity contribution < 1.29 is 28.2 Å². The van der Waals surface area contributed by atoms with Crippen molar-refractivity contribution in [2.24, 2.45) is 0 Å². The van der Waals surface area contributed by atoms with Crippen molar-refractivity contribution in [2.45, 2.75) is 38.8 Å². The Morgan fingerprint density at radius 2 is 2.19 bits per heavy atom. The third-order valence-corrected chi connectivity index (χ3v) is 2.95. The van der Waals surface area contributed by atoms with Gasteiger partial charge in [0.25, 0.3) is 0 Å². The van der Waals surface area contributed by atoms with Crippen molar-refractivity contribution in [1.29, 1.82) is 0 Å². The number of esters is 1. The van der Waals surface area contributed by atoms with Crippen molar-refractivity contribution in [3.05, 3.63) is 35.5 Å². The van der Waals surface area contributed by atoms with E-state index in [1.54, 1.807) is 13.0 Å². The van der Waals surface area contributed by atoms with Gasteiger partial charge < -0.3 is 14.3 Å². The van der Waals surface area contributed by atoms with E-state index >= 15 is 0 Å². The summed E-state index contributed by atoms with van der Waals surface area (Å²) in [6, 6.07) is 3.07. The Morgan fingerprint density at radius 1 is 1.48 bits per heavy atom. The Kier molecular flexibility index (Phi) is 6.65. The molecule has 0 radical (unpaired) electrons. The van der Waals surface area contributed by atoms with Crippen molar-refractivity contribution in [3.8, 4) is 0 Å². The van der Waals surface area contributed by atoms with Gasteiger partial charge in [-0.3, -0.25) is 4.79 Å². The third kappa shape index (κ3) is 5.41. The number of aliphatic hydroxyl groups is 1. The number of aliphatic hydroxyl groups excluding tert-OH is 1. The molecule has 0 bridgehead atoms. The number of allylic oxidation sites excluding steroid dienone is 1. The van der Waals surface area contributed by atoms with Crippen LogP contribution in [-0.4, -0.2) is 30.1 Å². The molecule has 0 aliphatic heterocycles. The molecule has 1 N–H and O–H groups in total. The van der Waals surface area contributed by atoms with Crippen molar-refractivity contribution in [1.82, 2.24) is 0 Å². The smallest absolute Gasteiger partial charge is 0.373 e. The zero-order valence-corrected chi connectivity index (χ0v) is 12.1. The number of carbonyl (C=O) groups is 2. The number of hydrogen-bond donors (Lipinski definition) is 1. The molecule has 1 aromatic heterocycles. The van der Waals surface area contributed by atoms with Gasteiger partial charge in [0.2, 0.25) is 11.5 Å².